The summed E-state index contributed by atoms with van der Waals surface area (Å²) in [6, 6.07) is 1.00. The topological polar surface area (TPSA) is 44.5 Å². The van der Waals surface area contributed by atoms with E-state index < -0.39 is 8.56 Å². The maximum absolute atomic E-state index is 5.65. The van der Waals surface area contributed by atoms with Crippen LogP contribution in [0.5, 0.6) is 0 Å². The first-order valence-corrected chi connectivity index (χ1v) is 7.22. The molecule has 0 radical (unpaired) electrons. The summed E-state index contributed by atoms with van der Waals surface area (Å²) in [6.07, 6.45) is 1.06. The minimum absolute atomic E-state index is 0.200. The van der Waals surface area contributed by atoms with E-state index in [1.165, 1.54) is 0 Å². The van der Waals surface area contributed by atoms with E-state index in [-0.39, 0.29) is 5.41 Å². The summed E-state index contributed by atoms with van der Waals surface area (Å²) in [4.78, 5) is 0. The molecule has 0 aromatic heterocycles. The zero-order valence-electron chi connectivity index (χ0n) is 9.52. The molecule has 4 heteroatoms. The van der Waals surface area contributed by atoms with E-state index in [1.807, 2.05) is 0 Å². The second-order valence-corrected chi connectivity index (χ2v) is 7.99. The summed E-state index contributed by atoms with van der Waals surface area (Å²) < 4.78 is 10.8. The summed E-state index contributed by atoms with van der Waals surface area (Å²) in [5.41, 5.74) is 5.85. The molecule has 0 aliphatic heterocycles. The minimum atomic E-state index is -1.88. The van der Waals surface area contributed by atoms with Crippen molar-refractivity contribution in [3.63, 3.8) is 0 Å². The van der Waals surface area contributed by atoms with Crippen LogP contribution in [0.4, 0.5) is 0 Å². The van der Waals surface area contributed by atoms with Gasteiger partial charge in [-0.05, 0) is 31.0 Å². The summed E-state index contributed by atoms with van der Waals surface area (Å²) in [6.45, 7) is 7.14. The predicted molar refractivity (Wildman–Crippen MR) is 57.9 cm³/mol. The number of nitrogens with two attached hydrogens (primary N) is 1. The molecule has 0 saturated heterocycles. The molecule has 0 atom stereocenters. The quantitative estimate of drug-likeness (QED) is 0.672. The molecule has 13 heavy (non-hydrogen) atoms. The second-order valence-electron chi connectivity index (χ2n) is 4.41. The average Bonchev–Trinajstić information content (AvgIpc) is 2.14. The predicted octanol–water partition coefficient (Wildman–Crippen LogP) is 1.73. The largest absolute Gasteiger partial charge is 0.398 e. The van der Waals surface area contributed by atoms with Crippen molar-refractivity contribution >= 4 is 8.56 Å². The third kappa shape index (κ3) is 4.76. The highest BCUT2D eigenvalue weighted by atomic mass is 28.4. The Bertz CT molecular complexity index is 147. The van der Waals surface area contributed by atoms with E-state index >= 15 is 0 Å². The van der Waals surface area contributed by atoms with E-state index in [0.717, 1.165) is 12.5 Å². The average molecular weight is 205 g/mol. The van der Waals surface area contributed by atoms with Crippen LogP contribution in [0.3, 0.4) is 0 Å². The molecule has 0 heterocycles. The first kappa shape index (κ1) is 13.1. The van der Waals surface area contributed by atoms with Crippen LogP contribution in [0.15, 0.2) is 0 Å². The van der Waals surface area contributed by atoms with Crippen molar-refractivity contribution in [1.82, 2.24) is 0 Å². The molecule has 80 valence electrons. The van der Waals surface area contributed by atoms with Gasteiger partial charge in [0.1, 0.15) is 0 Å². The molecule has 3 nitrogen and oxygen atoms in total. The summed E-state index contributed by atoms with van der Waals surface area (Å²) in [5, 5.41) is 0. The van der Waals surface area contributed by atoms with E-state index in [0.29, 0.717) is 6.54 Å². The zero-order chi connectivity index (χ0) is 10.5. The fourth-order valence-electron chi connectivity index (χ4n) is 0.955. The molecule has 2 N–H and O–H groups in total. The maximum Gasteiger partial charge on any atom is 0.334 e. The van der Waals surface area contributed by atoms with Crippen LogP contribution in [0.2, 0.25) is 12.6 Å². The van der Waals surface area contributed by atoms with Gasteiger partial charge in [-0.15, -0.1) is 0 Å². The van der Waals surface area contributed by atoms with Crippen LogP contribution < -0.4 is 5.73 Å². The molecule has 0 bridgehead atoms. The normalized spacial score (nSPS) is 13.4. The lowest BCUT2D eigenvalue weighted by Crippen LogP contribution is -2.38. The SMILES string of the molecule is CO[Si](C)(CCC(C)(C)CN)OC. The van der Waals surface area contributed by atoms with Gasteiger partial charge in [-0.1, -0.05) is 13.8 Å². The van der Waals surface area contributed by atoms with Crippen molar-refractivity contribution in [3.05, 3.63) is 0 Å². The van der Waals surface area contributed by atoms with E-state index in [4.69, 9.17) is 14.6 Å². The lowest BCUT2D eigenvalue weighted by molar-refractivity contribution is 0.238. The van der Waals surface area contributed by atoms with Crippen molar-refractivity contribution in [2.75, 3.05) is 20.8 Å². The monoisotopic (exact) mass is 205 g/mol. The number of rotatable bonds is 6. The van der Waals surface area contributed by atoms with E-state index in [1.54, 1.807) is 14.2 Å². The van der Waals surface area contributed by atoms with Crippen LogP contribution >= 0.6 is 0 Å². The standard InChI is InChI=1S/C9H23NO2Si/c1-9(2,8-10)6-7-13(5,11-3)12-4/h6-8,10H2,1-5H3. The molecule has 0 spiro atoms. The van der Waals surface area contributed by atoms with Crippen LogP contribution in [-0.2, 0) is 8.85 Å². The van der Waals surface area contributed by atoms with Gasteiger partial charge < -0.3 is 14.6 Å². The van der Waals surface area contributed by atoms with Crippen molar-refractivity contribution < 1.29 is 8.85 Å². The van der Waals surface area contributed by atoms with Crippen molar-refractivity contribution in [2.45, 2.75) is 32.9 Å². The highest BCUT2D eigenvalue weighted by molar-refractivity contribution is 6.65. The van der Waals surface area contributed by atoms with Gasteiger partial charge in [0.2, 0.25) is 0 Å². The van der Waals surface area contributed by atoms with Crippen LogP contribution in [0.25, 0.3) is 0 Å². The molecule has 0 fully saturated rings. The summed E-state index contributed by atoms with van der Waals surface area (Å²) >= 11 is 0. The van der Waals surface area contributed by atoms with Crippen LogP contribution in [0, 0.1) is 5.41 Å². The Morgan fingerprint density at radius 2 is 1.69 bits per heavy atom. The van der Waals surface area contributed by atoms with Crippen LogP contribution in [0.1, 0.15) is 20.3 Å². The smallest absolute Gasteiger partial charge is 0.334 e. The fraction of sp³-hybridized carbons (Fsp3) is 1.00. The first-order chi connectivity index (χ1) is 5.89. The lowest BCUT2D eigenvalue weighted by Gasteiger charge is -2.28. The van der Waals surface area contributed by atoms with Gasteiger partial charge in [-0.2, -0.15) is 0 Å². The Kier molecular flexibility index (Phi) is 5.13. The Labute approximate surface area is 82.9 Å². The van der Waals surface area contributed by atoms with E-state index in [9.17, 15) is 0 Å². The molecular weight excluding hydrogens is 182 g/mol. The molecule has 0 aromatic rings. The summed E-state index contributed by atoms with van der Waals surface area (Å²) in [7, 11) is 1.58. The van der Waals surface area contributed by atoms with E-state index in [2.05, 4.69) is 20.4 Å². The molecule has 0 aromatic carbocycles. The number of hydrogen-bond donors (Lipinski definition) is 1. The zero-order valence-corrected chi connectivity index (χ0v) is 10.5. The van der Waals surface area contributed by atoms with Gasteiger partial charge in [0.05, 0.1) is 0 Å². The summed E-state index contributed by atoms with van der Waals surface area (Å²) in [5.74, 6) is 0. The van der Waals surface area contributed by atoms with Gasteiger partial charge in [-0.3, -0.25) is 0 Å². The Morgan fingerprint density at radius 3 is 2.00 bits per heavy atom. The molecule has 0 rings (SSSR count). The van der Waals surface area contributed by atoms with Crippen molar-refractivity contribution in [1.29, 1.82) is 0 Å². The van der Waals surface area contributed by atoms with Gasteiger partial charge in [0.25, 0.3) is 0 Å². The molecule has 0 aliphatic rings. The fourth-order valence-corrected chi connectivity index (χ4v) is 2.66. The molecule has 0 amide bonds. The Balaban J connectivity index is 3.99. The highest BCUT2D eigenvalue weighted by Gasteiger charge is 2.31. The van der Waals surface area contributed by atoms with Gasteiger partial charge >= 0.3 is 8.56 Å². The molecule has 0 aliphatic carbocycles. The van der Waals surface area contributed by atoms with Crippen molar-refractivity contribution in [2.24, 2.45) is 11.1 Å². The third-order valence-electron chi connectivity index (χ3n) is 2.67. The maximum atomic E-state index is 5.65. The van der Waals surface area contributed by atoms with Gasteiger partial charge in [-0.25, -0.2) is 0 Å². The van der Waals surface area contributed by atoms with Crippen LogP contribution in [-0.4, -0.2) is 29.3 Å². The highest BCUT2D eigenvalue weighted by Crippen LogP contribution is 2.25. The Hall–Kier alpha value is 0.0969. The second kappa shape index (κ2) is 5.10. The molecular formula is C9H23NO2Si. The van der Waals surface area contributed by atoms with Crippen molar-refractivity contribution in [3.8, 4) is 0 Å². The number of hydrogen-bond acceptors (Lipinski definition) is 3. The Morgan fingerprint density at radius 1 is 1.23 bits per heavy atom. The first-order valence-electron chi connectivity index (χ1n) is 4.69. The van der Waals surface area contributed by atoms with Gasteiger partial charge in [0, 0.05) is 14.2 Å². The van der Waals surface area contributed by atoms with Gasteiger partial charge in [0.15, 0.2) is 0 Å². The lowest BCUT2D eigenvalue weighted by atomic mass is 9.91. The molecule has 0 saturated carbocycles. The molecule has 0 unspecified atom stereocenters. The third-order valence-corrected chi connectivity index (χ3v) is 5.56. The minimum Gasteiger partial charge on any atom is -0.398 e.